The second kappa shape index (κ2) is 10.5. The van der Waals surface area contributed by atoms with Crippen LogP contribution in [0.4, 0.5) is 10.1 Å². The highest BCUT2D eigenvalue weighted by Crippen LogP contribution is 2.30. The molecule has 35 heavy (non-hydrogen) atoms. The van der Waals surface area contributed by atoms with Crippen LogP contribution in [0.5, 0.6) is 0 Å². The summed E-state index contributed by atoms with van der Waals surface area (Å²) >= 11 is 0. The molecule has 2 aromatic heterocycles. The predicted octanol–water partition coefficient (Wildman–Crippen LogP) is 4.41. The number of nitrogens with zero attached hydrogens (tertiary/aromatic N) is 4. The van der Waals surface area contributed by atoms with E-state index >= 15 is 0 Å². The quantitative estimate of drug-likeness (QED) is 0.386. The van der Waals surface area contributed by atoms with Gasteiger partial charge in [0.15, 0.2) is 6.04 Å². The summed E-state index contributed by atoms with van der Waals surface area (Å²) in [5.74, 6) is -0.709. The number of carbonyl (C=O) groups is 2. The summed E-state index contributed by atoms with van der Waals surface area (Å²) in [4.78, 5) is 28.4. The Labute approximate surface area is 202 Å². The van der Waals surface area contributed by atoms with Gasteiger partial charge in [-0.05, 0) is 61.2 Å². The monoisotopic (exact) mass is 477 g/mol. The van der Waals surface area contributed by atoms with Gasteiger partial charge in [0.2, 0.25) is 5.91 Å². The molecule has 4 aromatic rings. The molecule has 1 unspecified atom stereocenters. The number of amides is 2. The fourth-order valence-electron chi connectivity index (χ4n) is 3.81. The van der Waals surface area contributed by atoms with Gasteiger partial charge in [0.05, 0.1) is 11.8 Å². The number of furan rings is 1. The number of para-hydroxylation sites is 1. The molecule has 8 nitrogen and oxygen atoms in total. The zero-order valence-corrected chi connectivity index (χ0v) is 19.9. The van der Waals surface area contributed by atoms with Gasteiger partial charge in [0, 0.05) is 12.2 Å². The molecule has 0 spiro atoms. The van der Waals surface area contributed by atoms with E-state index in [1.165, 1.54) is 21.9 Å². The van der Waals surface area contributed by atoms with Crippen molar-refractivity contribution in [3.8, 4) is 0 Å². The predicted molar refractivity (Wildman–Crippen MR) is 130 cm³/mol. The van der Waals surface area contributed by atoms with Crippen LogP contribution in [-0.4, -0.2) is 33.4 Å². The highest BCUT2D eigenvalue weighted by atomic mass is 19.1. The molecule has 182 valence electrons. The van der Waals surface area contributed by atoms with Gasteiger partial charge in [0.25, 0.3) is 5.91 Å². The highest BCUT2D eigenvalue weighted by molar-refractivity contribution is 6.01. The Balaban J connectivity index is 1.74. The number of aromatic nitrogens is 3. The lowest BCUT2D eigenvalue weighted by Gasteiger charge is -2.30. The lowest BCUT2D eigenvalue weighted by atomic mass is 10.1. The first kappa shape index (κ1) is 24.1. The molecule has 0 saturated heterocycles. The van der Waals surface area contributed by atoms with Crippen LogP contribution >= 0.6 is 0 Å². The molecule has 9 heteroatoms. The average molecular weight is 478 g/mol. The second-order valence-electron chi connectivity index (χ2n) is 8.82. The second-order valence-corrected chi connectivity index (χ2v) is 8.82. The number of halogens is 1. The van der Waals surface area contributed by atoms with Gasteiger partial charge in [-0.25, -0.2) is 9.07 Å². The van der Waals surface area contributed by atoms with Crippen LogP contribution < -0.4 is 10.2 Å². The van der Waals surface area contributed by atoms with Gasteiger partial charge in [-0.2, -0.15) is 0 Å². The first-order chi connectivity index (χ1) is 16.8. The minimum atomic E-state index is -1.14. The standard InChI is InChI=1S/C26H28FN5O3/c1-17(2)12-13-28-26(34)25(23-9-6-14-35-23)32(19-11-10-18(3)20(27)15-19)24(33)16-31-22-8-5-4-7-21(22)29-30-31/h4-11,14-15,17,25H,12-13,16H2,1-3H3,(H,28,34). The van der Waals surface area contributed by atoms with E-state index in [4.69, 9.17) is 4.42 Å². The summed E-state index contributed by atoms with van der Waals surface area (Å²) < 4.78 is 21.6. The maximum absolute atomic E-state index is 14.6. The van der Waals surface area contributed by atoms with E-state index in [0.29, 0.717) is 29.1 Å². The summed E-state index contributed by atoms with van der Waals surface area (Å²) in [5.41, 5.74) is 1.98. The SMILES string of the molecule is Cc1ccc(N(C(=O)Cn2nnc3ccccc32)C(C(=O)NCCC(C)C)c2ccco2)cc1F. The Hall–Kier alpha value is -4.01. The Kier molecular flexibility index (Phi) is 7.24. The number of nitrogens with one attached hydrogen (secondary N) is 1. The van der Waals surface area contributed by atoms with Gasteiger partial charge >= 0.3 is 0 Å². The first-order valence-corrected chi connectivity index (χ1v) is 11.5. The smallest absolute Gasteiger partial charge is 0.251 e. The number of aryl methyl sites for hydroxylation is 1. The van der Waals surface area contributed by atoms with Crippen molar-refractivity contribution in [1.29, 1.82) is 0 Å². The number of anilines is 1. The molecule has 1 N–H and O–H groups in total. The van der Waals surface area contributed by atoms with Crippen LogP contribution in [0.25, 0.3) is 11.0 Å². The zero-order chi connectivity index (χ0) is 24.9. The van der Waals surface area contributed by atoms with Crippen molar-refractivity contribution in [3.63, 3.8) is 0 Å². The van der Waals surface area contributed by atoms with Crippen LogP contribution in [-0.2, 0) is 16.1 Å². The lowest BCUT2D eigenvalue weighted by molar-refractivity contribution is -0.127. The first-order valence-electron chi connectivity index (χ1n) is 11.5. The van der Waals surface area contributed by atoms with Crippen LogP contribution in [0.2, 0.25) is 0 Å². The molecular weight excluding hydrogens is 449 g/mol. The summed E-state index contributed by atoms with van der Waals surface area (Å²) in [7, 11) is 0. The molecule has 2 amide bonds. The molecule has 0 aliphatic heterocycles. The van der Waals surface area contributed by atoms with E-state index in [1.807, 2.05) is 12.1 Å². The third kappa shape index (κ3) is 5.40. The number of rotatable bonds is 9. The fourth-order valence-corrected chi connectivity index (χ4v) is 3.81. The number of fused-ring (bicyclic) bond motifs is 1. The summed E-state index contributed by atoms with van der Waals surface area (Å²) in [6, 6.07) is 13.8. The third-order valence-electron chi connectivity index (χ3n) is 5.75. The molecular formula is C26H28FN5O3. The van der Waals surface area contributed by atoms with E-state index in [-0.39, 0.29) is 18.0 Å². The Morgan fingerprint density at radius 3 is 2.66 bits per heavy atom. The van der Waals surface area contributed by atoms with E-state index in [0.717, 1.165) is 6.42 Å². The molecule has 0 bridgehead atoms. The van der Waals surface area contributed by atoms with E-state index < -0.39 is 23.7 Å². The Morgan fingerprint density at radius 2 is 1.94 bits per heavy atom. The van der Waals surface area contributed by atoms with Gasteiger partial charge in [-0.15, -0.1) is 5.10 Å². The van der Waals surface area contributed by atoms with Crippen molar-refractivity contribution in [1.82, 2.24) is 20.3 Å². The normalized spacial score (nSPS) is 12.1. The molecule has 4 rings (SSSR count). The molecule has 2 aromatic carbocycles. The molecule has 2 heterocycles. The summed E-state index contributed by atoms with van der Waals surface area (Å²) in [6.45, 7) is 5.99. The molecule has 0 saturated carbocycles. The average Bonchev–Trinajstić information content (AvgIpc) is 3.49. The molecule has 1 atom stereocenters. The minimum Gasteiger partial charge on any atom is -0.467 e. The van der Waals surface area contributed by atoms with Gasteiger partial charge in [0.1, 0.15) is 23.6 Å². The fraction of sp³-hybridized carbons (Fsp3) is 0.308. The van der Waals surface area contributed by atoms with Crippen LogP contribution in [0.1, 0.15) is 37.6 Å². The number of hydrogen-bond acceptors (Lipinski definition) is 5. The van der Waals surface area contributed by atoms with Crippen molar-refractivity contribution < 1.29 is 18.4 Å². The summed E-state index contributed by atoms with van der Waals surface area (Å²) in [5, 5.41) is 11.1. The molecule has 0 fully saturated rings. The Bertz CT molecular complexity index is 1320. The van der Waals surface area contributed by atoms with E-state index in [2.05, 4.69) is 29.5 Å². The van der Waals surface area contributed by atoms with Crippen molar-refractivity contribution in [2.24, 2.45) is 5.92 Å². The van der Waals surface area contributed by atoms with Crippen LogP contribution in [0.3, 0.4) is 0 Å². The van der Waals surface area contributed by atoms with E-state index in [9.17, 15) is 14.0 Å². The lowest BCUT2D eigenvalue weighted by Crippen LogP contribution is -2.45. The van der Waals surface area contributed by atoms with Crippen LogP contribution in [0, 0.1) is 18.7 Å². The molecule has 0 radical (unpaired) electrons. The Morgan fingerprint density at radius 1 is 1.14 bits per heavy atom. The maximum Gasteiger partial charge on any atom is 0.251 e. The summed E-state index contributed by atoms with van der Waals surface area (Å²) in [6.07, 6.45) is 2.21. The number of hydrogen-bond donors (Lipinski definition) is 1. The van der Waals surface area contributed by atoms with Gasteiger partial charge < -0.3 is 9.73 Å². The zero-order valence-electron chi connectivity index (χ0n) is 19.9. The number of carbonyl (C=O) groups excluding carboxylic acids is 2. The van der Waals surface area contributed by atoms with Crippen LogP contribution in [0.15, 0.2) is 65.3 Å². The van der Waals surface area contributed by atoms with Crippen molar-refractivity contribution in [3.05, 3.63) is 78.0 Å². The maximum atomic E-state index is 14.6. The minimum absolute atomic E-state index is 0.202. The third-order valence-corrected chi connectivity index (χ3v) is 5.75. The van der Waals surface area contributed by atoms with E-state index in [1.54, 1.807) is 43.3 Å². The van der Waals surface area contributed by atoms with Gasteiger partial charge in [-0.1, -0.05) is 37.3 Å². The topological polar surface area (TPSA) is 93.3 Å². The largest absolute Gasteiger partial charge is 0.467 e. The molecule has 0 aliphatic carbocycles. The van der Waals surface area contributed by atoms with Crippen molar-refractivity contribution in [2.75, 3.05) is 11.4 Å². The van der Waals surface area contributed by atoms with Gasteiger partial charge in [-0.3, -0.25) is 14.5 Å². The number of benzene rings is 2. The molecule has 0 aliphatic rings. The van der Waals surface area contributed by atoms with Crippen molar-refractivity contribution >= 4 is 28.5 Å². The highest BCUT2D eigenvalue weighted by Gasteiger charge is 2.35. The van der Waals surface area contributed by atoms with Crippen molar-refractivity contribution in [2.45, 2.75) is 39.8 Å².